The lowest BCUT2D eigenvalue weighted by Crippen LogP contribution is -2.39. The van der Waals surface area contributed by atoms with E-state index >= 15 is 0 Å². The van der Waals surface area contributed by atoms with Gasteiger partial charge in [0.2, 0.25) is 0 Å². The second-order valence-electron chi connectivity index (χ2n) is 3.53. The molecule has 7 heteroatoms. The molecule has 1 fully saturated rings. The summed E-state index contributed by atoms with van der Waals surface area (Å²) in [6, 6.07) is 3.81. The molecule has 1 saturated heterocycles. The number of thiophene rings is 1. The number of cyclic esters (lactones) is 1. The molecule has 1 amide bonds. The number of rotatable bonds is 3. The molecule has 0 radical (unpaired) electrons. The number of nitrogens with one attached hydrogen (secondary N) is 2. The van der Waals surface area contributed by atoms with Crippen LogP contribution in [0.25, 0.3) is 0 Å². The molecule has 1 aliphatic rings. The third-order valence-electron chi connectivity index (χ3n) is 2.36. The van der Waals surface area contributed by atoms with Crippen LogP contribution in [0.5, 0.6) is 0 Å². The standard InChI is InChI=1S/C10H13N3O2S2/c1-11-9(16)12-5-7-6-13(10(14)15-7)8-3-2-4-17-8/h2-4,7H,5-6H2,1H3,(H2,11,12,16). The Morgan fingerprint density at radius 3 is 3.24 bits per heavy atom. The van der Waals surface area contributed by atoms with Gasteiger partial charge in [-0.3, -0.25) is 4.90 Å². The second-order valence-corrected chi connectivity index (χ2v) is 4.86. The van der Waals surface area contributed by atoms with Crippen molar-refractivity contribution in [2.75, 3.05) is 25.0 Å². The van der Waals surface area contributed by atoms with Gasteiger partial charge in [-0.1, -0.05) is 0 Å². The minimum Gasteiger partial charge on any atom is -0.442 e. The van der Waals surface area contributed by atoms with Crippen molar-refractivity contribution in [2.24, 2.45) is 0 Å². The zero-order chi connectivity index (χ0) is 12.3. The Morgan fingerprint density at radius 1 is 1.76 bits per heavy atom. The number of anilines is 1. The molecule has 2 N–H and O–H groups in total. The zero-order valence-corrected chi connectivity index (χ0v) is 10.9. The SMILES string of the molecule is CNC(=S)NCC1CN(c2cccs2)C(=O)O1. The van der Waals surface area contributed by atoms with E-state index in [0.29, 0.717) is 18.2 Å². The Morgan fingerprint density at radius 2 is 2.59 bits per heavy atom. The summed E-state index contributed by atoms with van der Waals surface area (Å²) in [6.45, 7) is 1.08. The maximum atomic E-state index is 11.6. The Labute approximate surface area is 109 Å². The quantitative estimate of drug-likeness (QED) is 0.808. The first-order valence-electron chi connectivity index (χ1n) is 5.18. The van der Waals surface area contributed by atoms with Gasteiger partial charge >= 0.3 is 6.09 Å². The van der Waals surface area contributed by atoms with Crippen molar-refractivity contribution in [1.29, 1.82) is 0 Å². The predicted molar refractivity (Wildman–Crippen MR) is 71.6 cm³/mol. The van der Waals surface area contributed by atoms with Crippen LogP contribution in [0.4, 0.5) is 9.80 Å². The molecule has 0 aromatic carbocycles. The van der Waals surface area contributed by atoms with Crippen molar-refractivity contribution in [1.82, 2.24) is 10.6 Å². The topological polar surface area (TPSA) is 53.6 Å². The van der Waals surface area contributed by atoms with Gasteiger partial charge in [0.15, 0.2) is 5.11 Å². The summed E-state index contributed by atoms with van der Waals surface area (Å²) in [6.07, 6.45) is -0.467. The number of thiocarbonyl (C=S) groups is 1. The third kappa shape index (κ3) is 2.86. The number of hydrogen-bond donors (Lipinski definition) is 2. The fraction of sp³-hybridized carbons (Fsp3) is 0.400. The average molecular weight is 271 g/mol. The lowest BCUT2D eigenvalue weighted by molar-refractivity contribution is 0.143. The molecule has 1 atom stereocenters. The average Bonchev–Trinajstić information content (AvgIpc) is 2.94. The maximum Gasteiger partial charge on any atom is 0.415 e. The van der Waals surface area contributed by atoms with E-state index in [-0.39, 0.29) is 12.2 Å². The van der Waals surface area contributed by atoms with Gasteiger partial charge in [-0.2, -0.15) is 0 Å². The van der Waals surface area contributed by atoms with Gasteiger partial charge in [-0.25, -0.2) is 4.79 Å². The van der Waals surface area contributed by atoms with Crippen molar-refractivity contribution in [3.8, 4) is 0 Å². The fourth-order valence-electron chi connectivity index (χ4n) is 1.53. The molecule has 1 unspecified atom stereocenters. The number of hydrogen-bond acceptors (Lipinski definition) is 4. The lowest BCUT2D eigenvalue weighted by atomic mass is 10.3. The van der Waals surface area contributed by atoms with E-state index in [1.165, 1.54) is 11.3 Å². The Balaban J connectivity index is 1.89. The summed E-state index contributed by atoms with van der Waals surface area (Å²) in [5.74, 6) is 0. The molecule has 0 bridgehead atoms. The Hall–Kier alpha value is -1.34. The largest absolute Gasteiger partial charge is 0.442 e. The summed E-state index contributed by atoms with van der Waals surface area (Å²) in [5, 5.41) is 9.18. The summed E-state index contributed by atoms with van der Waals surface area (Å²) in [7, 11) is 1.74. The van der Waals surface area contributed by atoms with E-state index in [1.54, 1.807) is 11.9 Å². The first-order valence-corrected chi connectivity index (χ1v) is 6.46. The molecule has 1 aromatic rings. The maximum absolute atomic E-state index is 11.6. The van der Waals surface area contributed by atoms with Crippen LogP contribution in [0.2, 0.25) is 0 Å². The summed E-state index contributed by atoms with van der Waals surface area (Å²) >= 11 is 6.48. The molecule has 0 saturated carbocycles. The van der Waals surface area contributed by atoms with Crippen molar-refractivity contribution in [3.05, 3.63) is 17.5 Å². The molecular formula is C10H13N3O2S2. The molecule has 2 heterocycles. The van der Waals surface area contributed by atoms with Crippen molar-refractivity contribution < 1.29 is 9.53 Å². The van der Waals surface area contributed by atoms with Crippen LogP contribution >= 0.6 is 23.6 Å². The van der Waals surface area contributed by atoms with Crippen LogP contribution in [-0.4, -0.2) is 37.4 Å². The minimum atomic E-state index is -0.297. The van der Waals surface area contributed by atoms with Crippen LogP contribution in [0.15, 0.2) is 17.5 Å². The van der Waals surface area contributed by atoms with E-state index in [1.807, 2.05) is 17.5 Å². The molecule has 17 heavy (non-hydrogen) atoms. The highest BCUT2D eigenvalue weighted by molar-refractivity contribution is 7.80. The Bertz CT molecular complexity index is 408. The molecule has 0 aliphatic carbocycles. The number of nitrogens with zero attached hydrogens (tertiary/aromatic N) is 1. The van der Waals surface area contributed by atoms with Gasteiger partial charge in [0.05, 0.1) is 13.1 Å². The highest BCUT2D eigenvalue weighted by atomic mass is 32.1. The molecule has 5 nitrogen and oxygen atoms in total. The lowest BCUT2D eigenvalue weighted by Gasteiger charge is -2.11. The van der Waals surface area contributed by atoms with Crippen LogP contribution < -0.4 is 15.5 Å². The smallest absolute Gasteiger partial charge is 0.415 e. The first kappa shape index (κ1) is 12.1. The molecule has 0 spiro atoms. The highest BCUT2D eigenvalue weighted by Crippen LogP contribution is 2.25. The van der Waals surface area contributed by atoms with Gasteiger partial charge in [0.1, 0.15) is 11.1 Å². The van der Waals surface area contributed by atoms with E-state index in [9.17, 15) is 4.79 Å². The number of carbonyl (C=O) groups excluding carboxylic acids is 1. The summed E-state index contributed by atoms with van der Waals surface area (Å²) in [5.41, 5.74) is 0. The zero-order valence-electron chi connectivity index (χ0n) is 9.30. The van der Waals surface area contributed by atoms with Crippen LogP contribution in [0.3, 0.4) is 0 Å². The van der Waals surface area contributed by atoms with E-state index in [2.05, 4.69) is 10.6 Å². The highest BCUT2D eigenvalue weighted by Gasteiger charge is 2.32. The van der Waals surface area contributed by atoms with E-state index in [0.717, 1.165) is 5.00 Å². The first-order chi connectivity index (χ1) is 8.20. The van der Waals surface area contributed by atoms with Gasteiger partial charge in [-0.05, 0) is 29.7 Å². The minimum absolute atomic E-state index is 0.170. The summed E-state index contributed by atoms with van der Waals surface area (Å²) < 4.78 is 5.24. The third-order valence-corrected chi connectivity index (χ3v) is 3.60. The van der Waals surface area contributed by atoms with Crippen LogP contribution in [0, 0.1) is 0 Å². The molecule has 92 valence electrons. The fourth-order valence-corrected chi connectivity index (χ4v) is 2.34. The second kappa shape index (κ2) is 5.33. The number of carbonyl (C=O) groups is 1. The van der Waals surface area contributed by atoms with Gasteiger partial charge in [0.25, 0.3) is 0 Å². The normalized spacial score (nSPS) is 19.0. The van der Waals surface area contributed by atoms with Crippen molar-refractivity contribution in [3.63, 3.8) is 0 Å². The monoisotopic (exact) mass is 271 g/mol. The van der Waals surface area contributed by atoms with Gasteiger partial charge in [0, 0.05) is 7.05 Å². The van der Waals surface area contributed by atoms with Gasteiger partial charge in [-0.15, -0.1) is 11.3 Å². The van der Waals surface area contributed by atoms with Crippen LogP contribution in [0.1, 0.15) is 0 Å². The number of ether oxygens (including phenoxy) is 1. The molecular weight excluding hydrogens is 258 g/mol. The molecule has 2 rings (SSSR count). The van der Waals surface area contributed by atoms with Crippen LogP contribution in [-0.2, 0) is 4.74 Å². The molecule has 1 aliphatic heterocycles. The Kier molecular flexibility index (Phi) is 3.80. The van der Waals surface area contributed by atoms with E-state index in [4.69, 9.17) is 17.0 Å². The van der Waals surface area contributed by atoms with Gasteiger partial charge < -0.3 is 15.4 Å². The van der Waals surface area contributed by atoms with Crippen molar-refractivity contribution in [2.45, 2.75) is 6.10 Å². The van der Waals surface area contributed by atoms with E-state index < -0.39 is 0 Å². The number of amides is 1. The summed E-state index contributed by atoms with van der Waals surface area (Å²) in [4.78, 5) is 13.3. The molecule has 1 aromatic heterocycles. The van der Waals surface area contributed by atoms with Crippen molar-refractivity contribution >= 4 is 39.8 Å². The predicted octanol–water partition coefficient (Wildman–Crippen LogP) is 1.17.